The van der Waals surface area contributed by atoms with Crippen LogP contribution in [-0.2, 0) is 0 Å². The second kappa shape index (κ2) is 6.62. The van der Waals surface area contributed by atoms with E-state index >= 15 is 0 Å². The van der Waals surface area contributed by atoms with Crippen LogP contribution in [0.25, 0.3) is 21.4 Å². The Labute approximate surface area is 150 Å². The lowest BCUT2D eigenvalue weighted by Crippen LogP contribution is -2.07. The van der Waals surface area contributed by atoms with Gasteiger partial charge in [-0.15, -0.1) is 11.3 Å². The van der Waals surface area contributed by atoms with Crippen LogP contribution in [0.5, 0.6) is 0 Å². The molecule has 0 bridgehead atoms. The molecule has 0 fully saturated rings. The predicted octanol–water partition coefficient (Wildman–Crippen LogP) is 4.91. The van der Waals surface area contributed by atoms with E-state index in [0.717, 1.165) is 11.3 Å². The van der Waals surface area contributed by atoms with Gasteiger partial charge in [0.25, 0.3) is 5.56 Å². The van der Waals surface area contributed by atoms with Gasteiger partial charge in [-0.1, -0.05) is 35.3 Å². The zero-order valence-corrected chi connectivity index (χ0v) is 14.3. The number of aliphatic hydroxyl groups excluding tert-OH is 1. The summed E-state index contributed by atoms with van der Waals surface area (Å²) in [6, 6.07) is 13.3. The lowest BCUT2D eigenvalue weighted by molar-refractivity contribution is 0.514. The first-order valence-electron chi connectivity index (χ1n) is 6.70. The number of allylic oxidation sites excluding steroid dienone is 1. The smallest absolute Gasteiger partial charge is 0.279 e. The van der Waals surface area contributed by atoms with E-state index in [1.165, 1.54) is 12.1 Å². The van der Waals surface area contributed by atoms with Gasteiger partial charge in [0.1, 0.15) is 22.4 Å². The molecule has 0 unspecified atom stereocenters. The van der Waals surface area contributed by atoms with Crippen molar-refractivity contribution >= 4 is 56.0 Å². The summed E-state index contributed by atoms with van der Waals surface area (Å²) in [4.78, 5) is 16.0. The molecule has 2 aromatic carbocycles. The van der Waals surface area contributed by atoms with Crippen molar-refractivity contribution in [1.82, 2.24) is 4.98 Å². The molecule has 0 aliphatic heterocycles. The molecule has 3 aromatic rings. The van der Waals surface area contributed by atoms with Gasteiger partial charge in [-0.3, -0.25) is 4.79 Å². The summed E-state index contributed by atoms with van der Waals surface area (Å²) in [6.45, 7) is 0. The predicted molar refractivity (Wildman–Crippen MR) is 97.4 cm³/mol. The molecule has 1 aromatic heterocycles. The monoisotopic (exact) mass is 374 g/mol. The number of nitriles is 1. The molecule has 0 amide bonds. The lowest BCUT2D eigenvalue weighted by atomic mass is 10.1. The van der Waals surface area contributed by atoms with E-state index in [4.69, 9.17) is 23.2 Å². The summed E-state index contributed by atoms with van der Waals surface area (Å²) in [5, 5.41) is 21.1. The Bertz CT molecular complexity index is 1080. The van der Waals surface area contributed by atoms with Crippen molar-refractivity contribution in [1.29, 1.82) is 5.26 Å². The third-order valence-electron chi connectivity index (χ3n) is 3.28. The van der Waals surface area contributed by atoms with E-state index in [-0.39, 0.29) is 26.9 Å². The minimum Gasteiger partial charge on any atom is -0.506 e. The molecule has 4 nitrogen and oxygen atoms in total. The van der Waals surface area contributed by atoms with Gasteiger partial charge < -0.3 is 5.11 Å². The highest BCUT2D eigenvalue weighted by atomic mass is 35.5. The Balaban J connectivity index is 2.25. The fraction of sp³-hybridized carbons (Fsp3) is 0. The molecule has 0 aliphatic rings. The molecule has 3 rings (SSSR count). The maximum atomic E-state index is 12.1. The summed E-state index contributed by atoms with van der Waals surface area (Å²) in [5.74, 6) is -0.349. The average Bonchev–Trinajstić information content (AvgIpc) is 2.55. The largest absolute Gasteiger partial charge is 0.506 e. The number of fused-ring (bicyclic) bond motifs is 1. The third-order valence-corrected chi connectivity index (χ3v) is 4.89. The summed E-state index contributed by atoms with van der Waals surface area (Å²) in [6.07, 6.45) is 0. The van der Waals surface area contributed by atoms with Crippen LogP contribution >= 0.6 is 34.5 Å². The van der Waals surface area contributed by atoms with Crippen LogP contribution in [0.4, 0.5) is 0 Å². The molecule has 1 N–H and O–H groups in total. The summed E-state index contributed by atoms with van der Waals surface area (Å²) in [5.41, 5.74) is -0.332. The first kappa shape index (κ1) is 16.5. The fourth-order valence-corrected chi connectivity index (χ4v) is 3.63. The molecular weight excluding hydrogens is 367 g/mol. The van der Waals surface area contributed by atoms with Gasteiger partial charge in [-0.05, 0) is 30.3 Å². The van der Waals surface area contributed by atoms with E-state index < -0.39 is 5.56 Å². The highest BCUT2D eigenvalue weighted by molar-refractivity contribution is 7.19. The zero-order valence-electron chi connectivity index (χ0n) is 12.0. The van der Waals surface area contributed by atoms with Crippen molar-refractivity contribution in [2.24, 2.45) is 0 Å². The number of benzene rings is 2. The maximum Gasteiger partial charge on any atom is 0.279 e. The molecule has 0 saturated carbocycles. The number of aromatic nitrogens is 1. The minimum atomic E-state index is -0.456. The van der Waals surface area contributed by atoms with Crippen molar-refractivity contribution in [3.63, 3.8) is 0 Å². The molecule has 1 heterocycles. The highest BCUT2D eigenvalue weighted by Gasteiger charge is 2.17. The SMILES string of the molecule is N#C/C(=C(/O)c1ccc(Cl)cc1Cl)c1nc(=O)c2ccccc2s1. The number of nitrogens with zero attached hydrogens (tertiary/aromatic N) is 2. The maximum absolute atomic E-state index is 12.1. The summed E-state index contributed by atoms with van der Waals surface area (Å²) in [7, 11) is 0. The van der Waals surface area contributed by atoms with Crippen LogP contribution < -0.4 is 5.56 Å². The first-order chi connectivity index (χ1) is 11.5. The molecular formula is C17H8Cl2N2O2S. The van der Waals surface area contributed by atoms with E-state index in [1.807, 2.05) is 6.07 Å². The highest BCUT2D eigenvalue weighted by Crippen LogP contribution is 2.32. The Hall–Kier alpha value is -2.39. The molecule has 0 saturated heterocycles. The molecule has 0 aliphatic carbocycles. The molecule has 24 heavy (non-hydrogen) atoms. The van der Waals surface area contributed by atoms with Crippen LogP contribution in [-0.4, -0.2) is 10.1 Å². The average molecular weight is 375 g/mol. The normalized spacial score (nSPS) is 11.9. The lowest BCUT2D eigenvalue weighted by Gasteiger charge is -2.07. The number of hydrogen-bond acceptors (Lipinski definition) is 5. The molecule has 0 spiro atoms. The number of hydrogen-bond donors (Lipinski definition) is 1. The fourth-order valence-electron chi connectivity index (χ4n) is 2.14. The number of aliphatic hydroxyl groups is 1. The van der Waals surface area contributed by atoms with Crippen LogP contribution in [0.15, 0.2) is 47.3 Å². The standard InChI is InChI=1S/C17H8Cl2N2O2S/c18-9-5-6-10(13(19)7-9)15(22)12(8-20)17-21-16(23)11-3-1-2-4-14(11)24-17/h1-7,22H/b15-12-. The number of halogens is 2. The Morgan fingerprint density at radius 2 is 1.96 bits per heavy atom. The van der Waals surface area contributed by atoms with Crippen molar-refractivity contribution in [3.05, 3.63) is 73.4 Å². The summed E-state index contributed by atoms with van der Waals surface area (Å²) < 4.78 is 0.676. The first-order valence-corrected chi connectivity index (χ1v) is 8.27. The van der Waals surface area contributed by atoms with Gasteiger partial charge in [0, 0.05) is 15.3 Å². The zero-order chi connectivity index (χ0) is 17.3. The quantitative estimate of drug-likeness (QED) is 0.510. The molecule has 118 valence electrons. The second-order valence-electron chi connectivity index (χ2n) is 4.78. The molecule has 0 atom stereocenters. The van der Waals surface area contributed by atoms with E-state index in [9.17, 15) is 15.2 Å². The van der Waals surface area contributed by atoms with E-state index in [1.54, 1.807) is 30.3 Å². The third kappa shape index (κ3) is 3.00. The van der Waals surface area contributed by atoms with Gasteiger partial charge in [-0.2, -0.15) is 10.2 Å². The van der Waals surface area contributed by atoms with Gasteiger partial charge in [-0.25, -0.2) is 0 Å². The van der Waals surface area contributed by atoms with Crippen LogP contribution in [0, 0.1) is 11.3 Å². The number of rotatable bonds is 2. The van der Waals surface area contributed by atoms with Crippen LogP contribution in [0.2, 0.25) is 10.0 Å². The van der Waals surface area contributed by atoms with Crippen molar-refractivity contribution in [2.75, 3.05) is 0 Å². The van der Waals surface area contributed by atoms with Crippen LogP contribution in [0.1, 0.15) is 10.6 Å². The van der Waals surface area contributed by atoms with Gasteiger partial charge >= 0.3 is 0 Å². The second-order valence-corrected chi connectivity index (χ2v) is 6.65. The van der Waals surface area contributed by atoms with E-state index in [2.05, 4.69) is 4.98 Å². The minimum absolute atomic E-state index is 0.118. The van der Waals surface area contributed by atoms with Gasteiger partial charge in [0.05, 0.1) is 10.4 Å². The van der Waals surface area contributed by atoms with Gasteiger partial charge in [0.15, 0.2) is 0 Å². The topological polar surface area (TPSA) is 74.0 Å². The summed E-state index contributed by atoms with van der Waals surface area (Å²) >= 11 is 13.1. The van der Waals surface area contributed by atoms with Crippen molar-refractivity contribution < 1.29 is 5.11 Å². The van der Waals surface area contributed by atoms with Gasteiger partial charge in [0.2, 0.25) is 0 Å². The van der Waals surface area contributed by atoms with E-state index in [0.29, 0.717) is 15.1 Å². The van der Waals surface area contributed by atoms with Crippen molar-refractivity contribution in [2.45, 2.75) is 0 Å². The molecule has 0 radical (unpaired) electrons. The Morgan fingerprint density at radius 1 is 1.21 bits per heavy atom. The Morgan fingerprint density at radius 3 is 2.67 bits per heavy atom. The van der Waals surface area contributed by atoms with Crippen LogP contribution in [0.3, 0.4) is 0 Å². The van der Waals surface area contributed by atoms with Crippen molar-refractivity contribution in [3.8, 4) is 6.07 Å². The Kier molecular flexibility index (Phi) is 4.54. The molecule has 7 heteroatoms.